The van der Waals surface area contributed by atoms with Gasteiger partial charge in [-0.3, -0.25) is 14.4 Å². The lowest BCUT2D eigenvalue weighted by molar-refractivity contribution is -0.139. The van der Waals surface area contributed by atoms with Crippen LogP contribution in [-0.2, 0) is 9.59 Å². The Morgan fingerprint density at radius 3 is 2.50 bits per heavy atom. The zero-order chi connectivity index (χ0) is 21.4. The number of aliphatic carboxylic acids is 1. The third kappa shape index (κ3) is 3.53. The molecule has 2 aliphatic rings. The number of hydrogen-bond donors (Lipinski definition) is 2. The Morgan fingerprint density at radius 1 is 1.07 bits per heavy atom. The minimum absolute atomic E-state index is 0.0684. The maximum absolute atomic E-state index is 14.3. The van der Waals surface area contributed by atoms with Gasteiger partial charge in [0.25, 0.3) is 5.91 Å². The van der Waals surface area contributed by atoms with Gasteiger partial charge in [0.15, 0.2) is 0 Å². The fourth-order valence-electron chi connectivity index (χ4n) is 4.30. The molecule has 4 rings (SSSR count). The number of anilines is 1. The number of nitrogens with zero attached hydrogens (tertiary/aromatic N) is 1. The largest absolute Gasteiger partial charge is 0.481 e. The number of fused-ring (bicyclic) bond motifs is 2. The molecule has 0 radical (unpaired) electrons. The van der Waals surface area contributed by atoms with Crippen LogP contribution in [0.3, 0.4) is 0 Å². The number of halogens is 2. The molecule has 0 saturated heterocycles. The first-order chi connectivity index (χ1) is 14.4. The van der Waals surface area contributed by atoms with Crippen molar-refractivity contribution in [1.29, 1.82) is 0 Å². The number of carboxylic acids is 1. The number of nitrogens with one attached hydrogen (secondary N) is 1. The van der Waals surface area contributed by atoms with Crippen LogP contribution in [0.4, 0.5) is 14.5 Å². The van der Waals surface area contributed by atoms with Gasteiger partial charge in [0.1, 0.15) is 11.6 Å². The number of carbonyl (C=O) groups excluding carboxylic acids is 2. The second-order valence-electron chi connectivity index (χ2n) is 7.61. The highest BCUT2D eigenvalue weighted by Gasteiger charge is 2.49. The lowest BCUT2D eigenvalue weighted by Crippen LogP contribution is -2.58. The molecule has 2 N–H and O–H groups in total. The minimum atomic E-state index is -1.05. The Morgan fingerprint density at radius 2 is 1.83 bits per heavy atom. The second kappa shape index (κ2) is 7.85. The summed E-state index contributed by atoms with van der Waals surface area (Å²) in [4.78, 5) is 37.8. The van der Waals surface area contributed by atoms with Crippen molar-refractivity contribution in [2.24, 2.45) is 5.92 Å². The molecule has 1 saturated carbocycles. The van der Waals surface area contributed by atoms with Crippen LogP contribution in [0.2, 0.25) is 0 Å². The molecule has 2 amide bonds. The van der Waals surface area contributed by atoms with E-state index >= 15 is 0 Å². The molecular weight excluding hydrogens is 394 g/mol. The van der Waals surface area contributed by atoms with Crippen molar-refractivity contribution in [2.75, 3.05) is 4.90 Å². The number of carboxylic acid groups (broad SMARTS) is 1. The predicted octanol–water partition coefficient (Wildman–Crippen LogP) is 3.43. The van der Waals surface area contributed by atoms with Crippen LogP contribution in [0.1, 0.15) is 47.6 Å². The number of amides is 2. The third-order valence-corrected chi connectivity index (χ3v) is 5.84. The molecule has 1 heterocycles. The standard InChI is InChI=1S/C22H20F2N2O4/c23-12-5-6-13(16(24)11-12)22(30)26-17-4-2-1-3-14(17)21(15-7-8-18(15)26)25-19(27)9-10-20(28)29/h1-6,11,15,18,21H,7-10H2,(H,25,27)(H,28,29). The van der Waals surface area contributed by atoms with Gasteiger partial charge in [0, 0.05) is 30.1 Å². The fraction of sp³-hybridized carbons (Fsp3) is 0.318. The lowest BCUT2D eigenvalue weighted by atomic mass is 9.68. The molecule has 3 atom stereocenters. The van der Waals surface area contributed by atoms with Gasteiger partial charge in [0.2, 0.25) is 5.91 Å². The van der Waals surface area contributed by atoms with Gasteiger partial charge in [-0.2, -0.15) is 0 Å². The molecule has 2 aromatic carbocycles. The zero-order valence-corrected chi connectivity index (χ0v) is 16.0. The van der Waals surface area contributed by atoms with Crippen molar-refractivity contribution < 1.29 is 28.3 Å². The SMILES string of the molecule is O=C(O)CCC(=O)NC1c2ccccc2N(C(=O)c2ccc(F)cc2F)C2CCC12. The van der Waals surface area contributed by atoms with Crippen molar-refractivity contribution in [3.63, 3.8) is 0 Å². The summed E-state index contributed by atoms with van der Waals surface area (Å²) in [7, 11) is 0. The van der Waals surface area contributed by atoms with E-state index < -0.39 is 23.5 Å². The molecule has 8 heteroatoms. The van der Waals surface area contributed by atoms with Crippen LogP contribution < -0.4 is 10.2 Å². The summed E-state index contributed by atoms with van der Waals surface area (Å²) in [5.74, 6) is -3.71. The Labute approximate surface area is 171 Å². The third-order valence-electron chi connectivity index (χ3n) is 5.84. The number of carbonyl (C=O) groups is 3. The minimum Gasteiger partial charge on any atom is -0.481 e. The van der Waals surface area contributed by atoms with Gasteiger partial charge < -0.3 is 15.3 Å². The molecule has 3 unspecified atom stereocenters. The van der Waals surface area contributed by atoms with Crippen molar-refractivity contribution in [3.8, 4) is 0 Å². The molecule has 1 aliphatic heterocycles. The maximum atomic E-state index is 14.3. The summed E-state index contributed by atoms with van der Waals surface area (Å²) in [6.07, 6.45) is 1.06. The van der Waals surface area contributed by atoms with Crippen LogP contribution >= 0.6 is 0 Å². The maximum Gasteiger partial charge on any atom is 0.303 e. The Kier molecular flexibility index (Phi) is 5.24. The van der Waals surface area contributed by atoms with Gasteiger partial charge in [-0.1, -0.05) is 18.2 Å². The Hall–Kier alpha value is -3.29. The smallest absolute Gasteiger partial charge is 0.303 e. The van der Waals surface area contributed by atoms with Gasteiger partial charge in [-0.05, 0) is 36.6 Å². The highest BCUT2D eigenvalue weighted by atomic mass is 19.1. The predicted molar refractivity (Wildman–Crippen MR) is 104 cm³/mol. The number of benzene rings is 2. The monoisotopic (exact) mass is 414 g/mol. The number of rotatable bonds is 5. The van der Waals surface area contributed by atoms with E-state index in [2.05, 4.69) is 5.32 Å². The first kappa shape index (κ1) is 20.0. The van der Waals surface area contributed by atoms with E-state index in [0.29, 0.717) is 18.2 Å². The second-order valence-corrected chi connectivity index (χ2v) is 7.61. The van der Waals surface area contributed by atoms with Gasteiger partial charge in [-0.25, -0.2) is 8.78 Å². The van der Waals surface area contributed by atoms with Gasteiger partial charge >= 0.3 is 5.97 Å². The molecule has 1 aliphatic carbocycles. The van der Waals surface area contributed by atoms with E-state index in [4.69, 9.17) is 5.11 Å². The van der Waals surface area contributed by atoms with Crippen LogP contribution in [0, 0.1) is 17.6 Å². The van der Waals surface area contributed by atoms with Gasteiger partial charge in [0.05, 0.1) is 18.0 Å². The Balaban J connectivity index is 1.66. The normalized spacial score (nSPS) is 21.8. The highest BCUT2D eigenvalue weighted by molar-refractivity contribution is 6.07. The van der Waals surface area contributed by atoms with Crippen molar-refractivity contribution in [1.82, 2.24) is 5.32 Å². The molecule has 0 aromatic heterocycles. The van der Waals surface area contributed by atoms with E-state index in [1.54, 1.807) is 29.2 Å². The summed E-state index contributed by atoms with van der Waals surface area (Å²) in [6.45, 7) is 0. The summed E-state index contributed by atoms with van der Waals surface area (Å²) in [5.41, 5.74) is 1.08. The van der Waals surface area contributed by atoms with Crippen LogP contribution in [0.25, 0.3) is 0 Å². The topological polar surface area (TPSA) is 86.7 Å². The van der Waals surface area contributed by atoms with E-state index in [0.717, 1.165) is 24.1 Å². The summed E-state index contributed by atoms with van der Waals surface area (Å²) in [5, 5.41) is 11.7. The first-order valence-electron chi connectivity index (χ1n) is 9.75. The summed E-state index contributed by atoms with van der Waals surface area (Å²) < 4.78 is 27.6. The molecule has 2 aromatic rings. The quantitative estimate of drug-likeness (QED) is 0.785. The molecule has 6 nitrogen and oxygen atoms in total. The first-order valence-corrected chi connectivity index (χ1v) is 9.75. The zero-order valence-electron chi connectivity index (χ0n) is 16.0. The van der Waals surface area contributed by atoms with Crippen molar-refractivity contribution in [2.45, 2.75) is 37.8 Å². The summed E-state index contributed by atoms with van der Waals surface area (Å²) in [6, 6.07) is 9.36. The van der Waals surface area contributed by atoms with Gasteiger partial charge in [-0.15, -0.1) is 0 Å². The Bertz CT molecular complexity index is 1030. The molecule has 0 spiro atoms. The number of para-hydroxylation sites is 1. The average molecular weight is 414 g/mol. The lowest BCUT2D eigenvalue weighted by Gasteiger charge is -2.52. The van der Waals surface area contributed by atoms with Crippen molar-refractivity contribution in [3.05, 3.63) is 65.2 Å². The van der Waals surface area contributed by atoms with E-state index in [9.17, 15) is 23.2 Å². The molecule has 1 fully saturated rings. The van der Waals surface area contributed by atoms with Crippen LogP contribution in [0.15, 0.2) is 42.5 Å². The van der Waals surface area contributed by atoms with E-state index in [-0.39, 0.29) is 42.3 Å². The average Bonchev–Trinajstić information content (AvgIpc) is 2.68. The van der Waals surface area contributed by atoms with E-state index in [1.807, 2.05) is 0 Å². The molecular formula is C22H20F2N2O4. The van der Waals surface area contributed by atoms with Crippen LogP contribution in [-0.4, -0.2) is 28.9 Å². The number of hydrogen-bond acceptors (Lipinski definition) is 3. The van der Waals surface area contributed by atoms with Crippen molar-refractivity contribution >= 4 is 23.5 Å². The highest BCUT2D eigenvalue weighted by Crippen LogP contribution is 2.50. The van der Waals surface area contributed by atoms with Crippen LogP contribution in [0.5, 0.6) is 0 Å². The fourth-order valence-corrected chi connectivity index (χ4v) is 4.30. The molecule has 0 bridgehead atoms. The molecule has 156 valence electrons. The van der Waals surface area contributed by atoms with E-state index in [1.165, 1.54) is 0 Å². The molecule has 30 heavy (non-hydrogen) atoms. The summed E-state index contributed by atoms with van der Waals surface area (Å²) >= 11 is 0.